The molecule has 0 saturated carbocycles. The third-order valence-electron chi connectivity index (χ3n) is 1.60. The van der Waals surface area contributed by atoms with Crippen molar-refractivity contribution in [1.29, 1.82) is 0 Å². The van der Waals surface area contributed by atoms with Crippen LogP contribution in [0.15, 0.2) is 0 Å². The molecule has 0 saturated heterocycles. The molecule has 5 nitrogen and oxygen atoms in total. The van der Waals surface area contributed by atoms with Crippen molar-refractivity contribution in [2.24, 2.45) is 0 Å². The normalized spacial score (nSPS) is 11.9. The van der Waals surface area contributed by atoms with Crippen LogP contribution in [0.5, 0.6) is 0 Å². The van der Waals surface area contributed by atoms with Gasteiger partial charge in [-0.1, -0.05) is 6.92 Å². The molecule has 0 aromatic heterocycles. The lowest BCUT2D eigenvalue weighted by Crippen LogP contribution is -2.46. The van der Waals surface area contributed by atoms with E-state index in [9.17, 15) is 9.59 Å². The van der Waals surface area contributed by atoms with Gasteiger partial charge in [0.25, 0.3) is 0 Å². The first-order valence-corrected chi connectivity index (χ1v) is 5.77. The molecule has 0 bridgehead atoms. The van der Waals surface area contributed by atoms with Crippen LogP contribution >= 0.6 is 11.8 Å². The molecule has 3 N–H and O–H groups in total. The molecular weight excluding hydrogens is 204 g/mol. The minimum atomic E-state index is -1.01. The maximum atomic E-state index is 11.1. The van der Waals surface area contributed by atoms with Crippen LogP contribution in [0.4, 0.5) is 4.79 Å². The van der Waals surface area contributed by atoms with E-state index in [1.54, 1.807) is 18.7 Å². The second-order valence-corrected chi connectivity index (χ2v) is 3.68. The van der Waals surface area contributed by atoms with Crippen molar-refractivity contribution in [3.8, 4) is 0 Å². The number of carbonyl (C=O) groups excluding carboxylic acids is 1. The summed E-state index contributed by atoms with van der Waals surface area (Å²) in [4.78, 5) is 21.6. The monoisotopic (exact) mass is 220 g/mol. The van der Waals surface area contributed by atoms with Crippen LogP contribution in [0, 0.1) is 0 Å². The molecule has 0 rings (SSSR count). The van der Waals surface area contributed by atoms with Crippen molar-refractivity contribution in [3.63, 3.8) is 0 Å². The maximum Gasteiger partial charge on any atom is 0.326 e. The van der Waals surface area contributed by atoms with Crippen molar-refractivity contribution in [1.82, 2.24) is 10.6 Å². The summed E-state index contributed by atoms with van der Waals surface area (Å²) < 4.78 is 0. The lowest BCUT2D eigenvalue weighted by molar-refractivity contribution is -0.139. The zero-order chi connectivity index (χ0) is 11.0. The number of carboxylic acid groups (broad SMARTS) is 1. The summed E-state index contributed by atoms with van der Waals surface area (Å²) in [5, 5.41) is 13.6. The van der Waals surface area contributed by atoms with Crippen molar-refractivity contribution in [2.45, 2.75) is 19.4 Å². The van der Waals surface area contributed by atoms with E-state index in [0.717, 1.165) is 5.75 Å². The van der Waals surface area contributed by atoms with Gasteiger partial charge in [-0.2, -0.15) is 11.8 Å². The molecule has 0 aromatic rings. The highest BCUT2D eigenvalue weighted by molar-refractivity contribution is 7.98. The summed E-state index contributed by atoms with van der Waals surface area (Å²) in [6.45, 7) is 2.25. The van der Waals surface area contributed by atoms with Gasteiger partial charge in [0.15, 0.2) is 0 Å². The first kappa shape index (κ1) is 13.1. The number of urea groups is 1. The number of nitrogens with one attached hydrogen (secondary N) is 2. The molecule has 0 aromatic carbocycles. The number of rotatable bonds is 6. The average molecular weight is 220 g/mol. The van der Waals surface area contributed by atoms with Gasteiger partial charge in [-0.25, -0.2) is 9.59 Å². The van der Waals surface area contributed by atoms with Crippen LogP contribution in [-0.2, 0) is 4.79 Å². The molecule has 14 heavy (non-hydrogen) atoms. The number of carboxylic acids is 1. The zero-order valence-corrected chi connectivity index (χ0v) is 9.19. The SMILES string of the molecule is CC[C@@H](NC(=O)NCCSC)C(=O)O. The van der Waals surface area contributed by atoms with E-state index in [2.05, 4.69) is 10.6 Å². The zero-order valence-electron chi connectivity index (χ0n) is 8.37. The van der Waals surface area contributed by atoms with Gasteiger partial charge in [0.2, 0.25) is 0 Å². The minimum absolute atomic E-state index is 0.380. The predicted molar refractivity (Wildman–Crippen MR) is 56.6 cm³/mol. The van der Waals surface area contributed by atoms with Crippen molar-refractivity contribution in [2.75, 3.05) is 18.6 Å². The Kier molecular flexibility index (Phi) is 7.00. The van der Waals surface area contributed by atoms with Gasteiger partial charge in [-0.3, -0.25) is 0 Å². The van der Waals surface area contributed by atoms with E-state index in [-0.39, 0.29) is 0 Å². The maximum absolute atomic E-state index is 11.1. The van der Waals surface area contributed by atoms with Crippen molar-refractivity contribution in [3.05, 3.63) is 0 Å². The van der Waals surface area contributed by atoms with Gasteiger partial charge >= 0.3 is 12.0 Å². The Hall–Kier alpha value is -0.910. The predicted octanol–water partition coefficient (Wildman–Crippen LogP) is 0.512. The minimum Gasteiger partial charge on any atom is -0.480 e. The quantitative estimate of drug-likeness (QED) is 0.570. The topological polar surface area (TPSA) is 78.4 Å². The molecule has 6 heteroatoms. The Morgan fingerprint density at radius 1 is 1.50 bits per heavy atom. The molecule has 82 valence electrons. The van der Waals surface area contributed by atoms with E-state index >= 15 is 0 Å². The summed E-state index contributed by atoms with van der Waals surface area (Å²) >= 11 is 1.62. The van der Waals surface area contributed by atoms with Crippen molar-refractivity contribution < 1.29 is 14.7 Å². The molecule has 0 aliphatic rings. The highest BCUT2D eigenvalue weighted by Gasteiger charge is 2.16. The summed E-state index contributed by atoms with van der Waals surface area (Å²) in [6, 6.07) is -1.22. The fourth-order valence-electron chi connectivity index (χ4n) is 0.814. The van der Waals surface area contributed by atoms with Crippen LogP contribution in [0.2, 0.25) is 0 Å². The highest BCUT2D eigenvalue weighted by atomic mass is 32.2. The summed E-state index contributed by atoms with van der Waals surface area (Å²) in [6.07, 6.45) is 2.32. The Labute approximate surface area is 87.6 Å². The van der Waals surface area contributed by atoms with E-state index in [1.165, 1.54) is 0 Å². The summed E-state index contributed by atoms with van der Waals surface area (Å²) in [7, 11) is 0. The van der Waals surface area contributed by atoms with Gasteiger partial charge in [0, 0.05) is 12.3 Å². The smallest absolute Gasteiger partial charge is 0.326 e. The first-order valence-electron chi connectivity index (χ1n) is 4.38. The standard InChI is InChI=1S/C8H16N2O3S/c1-3-6(7(11)12)10-8(13)9-4-5-14-2/h6H,3-5H2,1-2H3,(H,11,12)(H2,9,10,13)/t6-/m1/s1. The molecular formula is C8H16N2O3S. The van der Waals surface area contributed by atoms with E-state index in [1.807, 2.05) is 6.26 Å². The number of carbonyl (C=O) groups is 2. The average Bonchev–Trinajstić information content (AvgIpc) is 2.14. The van der Waals surface area contributed by atoms with Crippen molar-refractivity contribution >= 4 is 23.8 Å². The largest absolute Gasteiger partial charge is 0.480 e. The number of hydrogen-bond acceptors (Lipinski definition) is 3. The van der Waals surface area contributed by atoms with Crippen LogP contribution in [0.25, 0.3) is 0 Å². The lowest BCUT2D eigenvalue weighted by Gasteiger charge is -2.12. The second kappa shape index (κ2) is 7.49. The third kappa shape index (κ3) is 5.69. The van der Waals surface area contributed by atoms with E-state index < -0.39 is 18.0 Å². The Morgan fingerprint density at radius 3 is 2.57 bits per heavy atom. The molecule has 0 fully saturated rings. The van der Waals surface area contributed by atoms with Gasteiger partial charge < -0.3 is 15.7 Å². The van der Waals surface area contributed by atoms with Gasteiger partial charge in [-0.15, -0.1) is 0 Å². The third-order valence-corrected chi connectivity index (χ3v) is 2.22. The molecule has 0 unspecified atom stereocenters. The second-order valence-electron chi connectivity index (χ2n) is 2.69. The number of hydrogen-bond donors (Lipinski definition) is 3. The molecule has 0 radical (unpaired) electrons. The summed E-state index contributed by atoms with van der Waals surface area (Å²) in [5.74, 6) is -0.190. The van der Waals surface area contributed by atoms with Crippen LogP contribution in [-0.4, -0.2) is 41.7 Å². The Morgan fingerprint density at radius 2 is 2.14 bits per heavy atom. The molecule has 0 aliphatic heterocycles. The first-order chi connectivity index (χ1) is 6.61. The molecule has 2 amide bonds. The lowest BCUT2D eigenvalue weighted by atomic mass is 10.2. The number of amides is 2. The molecule has 0 heterocycles. The molecule has 0 aliphatic carbocycles. The van der Waals surface area contributed by atoms with Crippen LogP contribution in [0.3, 0.4) is 0 Å². The fourth-order valence-corrected chi connectivity index (χ4v) is 1.12. The van der Waals surface area contributed by atoms with E-state index in [0.29, 0.717) is 13.0 Å². The molecule has 0 spiro atoms. The Bertz CT molecular complexity index is 199. The van der Waals surface area contributed by atoms with Gasteiger partial charge in [0.1, 0.15) is 6.04 Å². The van der Waals surface area contributed by atoms with E-state index in [4.69, 9.17) is 5.11 Å². The Balaban J connectivity index is 3.74. The molecule has 1 atom stereocenters. The van der Waals surface area contributed by atoms with Gasteiger partial charge in [0.05, 0.1) is 0 Å². The fraction of sp³-hybridized carbons (Fsp3) is 0.750. The number of thioether (sulfide) groups is 1. The van der Waals surface area contributed by atoms with Gasteiger partial charge in [-0.05, 0) is 12.7 Å². The highest BCUT2D eigenvalue weighted by Crippen LogP contribution is 1.91. The van der Waals surface area contributed by atoms with Crippen LogP contribution < -0.4 is 10.6 Å². The summed E-state index contributed by atoms with van der Waals surface area (Å²) in [5.41, 5.74) is 0. The number of aliphatic carboxylic acids is 1. The van der Waals surface area contributed by atoms with Crippen LogP contribution in [0.1, 0.15) is 13.3 Å².